The van der Waals surface area contributed by atoms with Gasteiger partial charge in [-0.25, -0.2) is 9.40 Å². The van der Waals surface area contributed by atoms with Gasteiger partial charge >= 0.3 is 0 Å². The van der Waals surface area contributed by atoms with Crippen LogP contribution in [-0.4, -0.2) is 68.5 Å². The number of ether oxygens (including phenoxy) is 3. The van der Waals surface area contributed by atoms with E-state index in [4.69, 9.17) is 14.2 Å². The van der Waals surface area contributed by atoms with Crippen molar-refractivity contribution in [2.45, 2.75) is 12.5 Å². The summed E-state index contributed by atoms with van der Waals surface area (Å²) in [5.74, 6) is 0.300. The predicted octanol–water partition coefficient (Wildman–Crippen LogP) is 4.31. The van der Waals surface area contributed by atoms with Crippen LogP contribution < -0.4 is 9.47 Å². The Labute approximate surface area is 221 Å². The van der Waals surface area contributed by atoms with Crippen LogP contribution in [0.3, 0.4) is 0 Å². The van der Waals surface area contributed by atoms with Gasteiger partial charge < -0.3 is 19.1 Å². The van der Waals surface area contributed by atoms with Crippen LogP contribution in [0.5, 0.6) is 11.5 Å². The first-order valence-electron chi connectivity index (χ1n) is 12.1. The summed E-state index contributed by atoms with van der Waals surface area (Å²) in [5.41, 5.74) is 2.73. The topological polar surface area (TPSA) is 80.7 Å². The molecule has 9 heteroatoms. The van der Waals surface area contributed by atoms with E-state index in [1.807, 2.05) is 24.3 Å². The highest BCUT2D eigenvalue weighted by molar-refractivity contribution is 6.03. The smallest absolute Gasteiger partial charge is 0.262 e. The van der Waals surface area contributed by atoms with Gasteiger partial charge in [0.15, 0.2) is 0 Å². The summed E-state index contributed by atoms with van der Waals surface area (Å²) in [6, 6.07) is 19.7. The molecule has 0 aliphatic carbocycles. The molecule has 0 spiro atoms. The molecule has 1 aliphatic heterocycles. The highest BCUT2D eigenvalue weighted by atomic mass is 19.1. The van der Waals surface area contributed by atoms with Crippen molar-refractivity contribution in [3.63, 3.8) is 0 Å². The first kappa shape index (κ1) is 26.8. The average Bonchev–Trinajstić information content (AvgIpc) is 3.41. The molecule has 0 bridgehead atoms. The molecule has 8 nitrogen and oxygen atoms in total. The molecular weight excluding hydrogens is 489 g/mol. The van der Waals surface area contributed by atoms with Gasteiger partial charge in [0, 0.05) is 25.6 Å². The van der Waals surface area contributed by atoms with Crippen LogP contribution in [0.2, 0.25) is 0 Å². The second-order valence-corrected chi connectivity index (χ2v) is 8.73. The Kier molecular flexibility index (Phi) is 8.70. The largest absolute Gasteiger partial charge is 0.497 e. The minimum atomic E-state index is -0.444. The molecule has 3 aromatic rings. The number of carbonyl (C=O) groups excluding carboxylic acids is 2. The van der Waals surface area contributed by atoms with Gasteiger partial charge in [-0.3, -0.25) is 9.59 Å². The van der Waals surface area contributed by atoms with Crippen molar-refractivity contribution in [3.8, 4) is 11.5 Å². The van der Waals surface area contributed by atoms with Crippen molar-refractivity contribution in [1.29, 1.82) is 0 Å². The summed E-state index contributed by atoms with van der Waals surface area (Å²) in [6.45, 7) is 0.277. The first-order valence-corrected chi connectivity index (χ1v) is 12.1. The number of hydrogen-bond donors (Lipinski definition) is 0. The fourth-order valence-corrected chi connectivity index (χ4v) is 4.25. The number of methoxy groups -OCH3 is 3. The molecule has 198 valence electrons. The lowest BCUT2D eigenvalue weighted by atomic mass is 9.98. The summed E-state index contributed by atoms with van der Waals surface area (Å²) < 4.78 is 29.3. The summed E-state index contributed by atoms with van der Waals surface area (Å²) in [5, 5.41) is 6.06. The molecule has 1 aliphatic rings. The zero-order chi connectivity index (χ0) is 27.1. The predicted molar refractivity (Wildman–Crippen MR) is 141 cm³/mol. The van der Waals surface area contributed by atoms with Gasteiger partial charge in [-0.2, -0.15) is 5.10 Å². The second kappa shape index (κ2) is 12.3. The van der Waals surface area contributed by atoms with E-state index in [9.17, 15) is 14.0 Å². The van der Waals surface area contributed by atoms with E-state index in [1.54, 1.807) is 50.6 Å². The number of hydrogen-bond acceptors (Lipinski definition) is 6. The zero-order valence-electron chi connectivity index (χ0n) is 21.6. The lowest BCUT2D eigenvalue weighted by Gasteiger charge is -2.27. The quantitative estimate of drug-likeness (QED) is 0.399. The standard InChI is InChI=1S/C29H30FN3O5/c1-36-17-16-32(29(35)22-8-14-25(38-3)15-9-22)19-28(34)33-27(21-4-10-23(30)11-5-21)18-26(31-33)20-6-12-24(37-2)13-7-20/h4-15,27H,16-19H2,1-3H3/t27-/m1/s1. The Morgan fingerprint density at radius 3 is 2.11 bits per heavy atom. The molecule has 2 amide bonds. The van der Waals surface area contributed by atoms with Gasteiger partial charge in [0.05, 0.1) is 32.6 Å². The molecule has 0 saturated heterocycles. The number of halogens is 1. The highest BCUT2D eigenvalue weighted by Crippen LogP contribution is 2.33. The van der Waals surface area contributed by atoms with Gasteiger partial charge in [0.25, 0.3) is 11.8 Å². The average molecular weight is 520 g/mol. The number of carbonyl (C=O) groups is 2. The summed E-state index contributed by atoms with van der Waals surface area (Å²) in [4.78, 5) is 28.4. The van der Waals surface area contributed by atoms with Crippen molar-refractivity contribution in [1.82, 2.24) is 9.91 Å². The van der Waals surface area contributed by atoms with Gasteiger partial charge in [-0.15, -0.1) is 0 Å². The van der Waals surface area contributed by atoms with E-state index >= 15 is 0 Å². The van der Waals surface area contributed by atoms with E-state index in [0.717, 1.165) is 11.1 Å². The molecular formula is C29H30FN3O5. The first-order chi connectivity index (χ1) is 18.4. The van der Waals surface area contributed by atoms with E-state index < -0.39 is 6.04 Å². The molecule has 3 aromatic carbocycles. The minimum Gasteiger partial charge on any atom is -0.497 e. The van der Waals surface area contributed by atoms with Crippen molar-refractivity contribution in [2.24, 2.45) is 5.10 Å². The maximum absolute atomic E-state index is 13.7. The van der Waals surface area contributed by atoms with E-state index in [0.29, 0.717) is 29.2 Å². The normalized spacial score (nSPS) is 14.7. The van der Waals surface area contributed by atoms with Crippen LogP contribution in [0, 0.1) is 5.82 Å². The maximum Gasteiger partial charge on any atom is 0.262 e. The van der Waals surface area contributed by atoms with Crippen LogP contribution in [0.15, 0.2) is 77.9 Å². The van der Waals surface area contributed by atoms with Gasteiger partial charge in [-0.05, 0) is 71.8 Å². The lowest BCUT2D eigenvalue weighted by Crippen LogP contribution is -2.42. The Bertz CT molecular complexity index is 1280. The lowest BCUT2D eigenvalue weighted by molar-refractivity contribution is -0.133. The number of benzene rings is 3. The van der Waals surface area contributed by atoms with Crippen molar-refractivity contribution < 1.29 is 28.2 Å². The van der Waals surface area contributed by atoms with E-state index in [1.165, 1.54) is 29.2 Å². The molecule has 1 atom stereocenters. The van der Waals surface area contributed by atoms with E-state index in [-0.39, 0.29) is 37.3 Å². The van der Waals surface area contributed by atoms with Crippen LogP contribution in [0.1, 0.15) is 33.9 Å². The van der Waals surface area contributed by atoms with Crippen molar-refractivity contribution in [2.75, 3.05) is 41.0 Å². The number of hydrazone groups is 1. The third kappa shape index (κ3) is 6.18. The SMILES string of the molecule is COCCN(CC(=O)N1N=C(c2ccc(OC)cc2)C[C@@H]1c1ccc(F)cc1)C(=O)c1ccc(OC)cc1. The second-order valence-electron chi connectivity index (χ2n) is 8.73. The molecule has 0 radical (unpaired) electrons. The monoisotopic (exact) mass is 519 g/mol. The number of amides is 2. The minimum absolute atomic E-state index is 0.203. The van der Waals surface area contributed by atoms with E-state index in [2.05, 4.69) is 5.10 Å². The fraction of sp³-hybridized carbons (Fsp3) is 0.276. The molecule has 1 heterocycles. The third-order valence-corrected chi connectivity index (χ3v) is 6.36. The zero-order valence-corrected chi connectivity index (χ0v) is 21.6. The van der Waals surface area contributed by atoms with Gasteiger partial charge in [-0.1, -0.05) is 12.1 Å². The summed E-state index contributed by atoms with van der Waals surface area (Å²) in [6.07, 6.45) is 0.439. The Hall–Kier alpha value is -4.24. The Morgan fingerprint density at radius 2 is 1.53 bits per heavy atom. The summed E-state index contributed by atoms with van der Waals surface area (Å²) >= 11 is 0. The Balaban J connectivity index is 1.61. The third-order valence-electron chi connectivity index (χ3n) is 6.36. The molecule has 0 N–H and O–H groups in total. The van der Waals surface area contributed by atoms with Crippen molar-refractivity contribution in [3.05, 3.63) is 95.3 Å². The molecule has 0 fully saturated rings. The molecule has 38 heavy (non-hydrogen) atoms. The number of nitrogens with zero attached hydrogens (tertiary/aromatic N) is 3. The van der Waals surface area contributed by atoms with Gasteiger partial charge in [0.2, 0.25) is 0 Å². The van der Waals surface area contributed by atoms with Crippen LogP contribution >= 0.6 is 0 Å². The van der Waals surface area contributed by atoms with Gasteiger partial charge in [0.1, 0.15) is 23.9 Å². The summed E-state index contributed by atoms with van der Waals surface area (Å²) in [7, 11) is 4.68. The fourth-order valence-electron chi connectivity index (χ4n) is 4.25. The molecule has 0 unspecified atom stereocenters. The van der Waals surface area contributed by atoms with Crippen molar-refractivity contribution >= 4 is 17.5 Å². The number of rotatable bonds is 10. The van der Waals surface area contributed by atoms with Crippen LogP contribution in [0.4, 0.5) is 4.39 Å². The Morgan fingerprint density at radius 1 is 0.921 bits per heavy atom. The molecule has 4 rings (SSSR count). The highest BCUT2D eigenvalue weighted by Gasteiger charge is 2.34. The molecule has 0 saturated carbocycles. The molecule has 0 aromatic heterocycles. The van der Waals surface area contributed by atoms with Crippen LogP contribution in [-0.2, 0) is 9.53 Å². The maximum atomic E-state index is 13.7. The van der Waals surface area contributed by atoms with Crippen LogP contribution in [0.25, 0.3) is 0 Å².